The molecule has 1 rings (SSSR count). The molecule has 0 saturated heterocycles. The average molecular weight is 307 g/mol. The summed E-state index contributed by atoms with van der Waals surface area (Å²) in [4.78, 5) is 10.9. The Kier molecular flexibility index (Phi) is 4.49. The molecule has 0 bridgehead atoms. The van der Waals surface area contributed by atoms with Crippen LogP contribution >= 0.6 is 15.9 Å². The van der Waals surface area contributed by atoms with Gasteiger partial charge in [0, 0.05) is 0 Å². The summed E-state index contributed by atoms with van der Waals surface area (Å²) < 4.78 is 27.9. The van der Waals surface area contributed by atoms with Gasteiger partial charge in [0.25, 0.3) is 0 Å². The van der Waals surface area contributed by atoms with Crippen LogP contribution in [0.25, 0.3) is 0 Å². The van der Waals surface area contributed by atoms with E-state index in [0.717, 1.165) is 0 Å². The van der Waals surface area contributed by atoms with Crippen LogP contribution < -0.4 is 4.74 Å². The number of alkyl halides is 1. The van der Waals surface area contributed by atoms with Gasteiger partial charge < -0.3 is 4.74 Å². The first-order valence-corrected chi connectivity index (χ1v) is 7.24. The van der Waals surface area contributed by atoms with Crippen molar-refractivity contribution in [1.82, 2.24) is 0 Å². The lowest BCUT2D eigenvalue weighted by atomic mass is 10.3. The first-order valence-electron chi connectivity index (χ1n) is 4.47. The largest absolute Gasteiger partial charge is 0.486 e. The van der Waals surface area contributed by atoms with Crippen LogP contribution in [0.15, 0.2) is 29.2 Å². The summed E-state index contributed by atoms with van der Waals surface area (Å²) in [6.07, 6.45) is 0. The van der Waals surface area contributed by atoms with Gasteiger partial charge in [0.1, 0.15) is 17.0 Å². The molecule has 1 aromatic carbocycles. The Hall–Kier alpha value is -0.880. The van der Waals surface area contributed by atoms with Gasteiger partial charge in [-0.25, -0.2) is 8.42 Å². The first-order chi connectivity index (χ1) is 7.45. The Balaban J connectivity index is 2.80. The van der Waals surface area contributed by atoms with Crippen LogP contribution in [-0.4, -0.2) is 25.5 Å². The topological polar surface area (TPSA) is 60.4 Å². The van der Waals surface area contributed by atoms with Crippen molar-refractivity contribution in [2.24, 2.45) is 0 Å². The molecule has 0 heterocycles. The minimum absolute atomic E-state index is 0.00938. The quantitative estimate of drug-likeness (QED) is 0.778. The van der Waals surface area contributed by atoms with E-state index in [0.29, 0.717) is 5.75 Å². The van der Waals surface area contributed by atoms with Crippen LogP contribution in [0.4, 0.5) is 0 Å². The van der Waals surface area contributed by atoms with E-state index in [9.17, 15) is 13.2 Å². The number of rotatable bonds is 5. The average Bonchev–Trinajstić information content (AvgIpc) is 2.27. The van der Waals surface area contributed by atoms with Crippen molar-refractivity contribution >= 4 is 31.6 Å². The van der Waals surface area contributed by atoms with Gasteiger partial charge in [-0.3, -0.25) is 4.79 Å². The summed E-state index contributed by atoms with van der Waals surface area (Å²) >= 11 is 2.91. The predicted octanol–water partition coefficient (Wildman–Crippen LogP) is 1.78. The van der Waals surface area contributed by atoms with Crippen molar-refractivity contribution in [1.29, 1.82) is 0 Å². The first kappa shape index (κ1) is 13.2. The molecule has 0 aliphatic heterocycles. The van der Waals surface area contributed by atoms with Crippen LogP contribution in [0.5, 0.6) is 5.75 Å². The molecule has 0 aromatic heterocycles. The number of benzene rings is 1. The number of carbonyl (C=O) groups is 1. The lowest BCUT2D eigenvalue weighted by Gasteiger charge is -2.05. The van der Waals surface area contributed by atoms with Gasteiger partial charge in [0.05, 0.1) is 4.90 Å². The van der Waals surface area contributed by atoms with Crippen LogP contribution in [-0.2, 0) is 14.6 Å². The zero-order valence-electron chi connectivity index (χ0n) is 8.64. The highest BCUT2D eigenvalue weighted by atomic mass is 79.9. The van der Waals surface area contributed by atoms with Crippen molar-refractivity contribution < 1.29 is 17.9 Å². The molecule has 0 saturated carbocycles. The van der Waals surface area contributed by atoms with Crippen molar-refractivity contribution in [3.63, 3.8) is 0 Å². The second-order valence-electron chi connectivity index (χ2n) is 3.19. The highest BCUT2D eigenvalue weighted by Crippen LogP contribution is 2.18. The summed E-state index contributed by atoms with van der Waals surface area (Å²) in [5.41, 5.74) is 0. The molecular formula is C10H11BrO4S. The summed E-state index contributed by atoms with van der Waals surface area (Å²) in [5, 5.41) is 0. The molecule has 0 aliphatic rings. The number of ether oxygens (including phenoxy) is 1. The minimum atomic E-state index is -3.25. The Morgan fingerprint density at radius 3 is 2.31 bits per heavy atom. The molecule has 0 N–H and O–H groups in total. The van der Waals surface area contributed by atoms with E-state index < -0.39 is 9.84 Å². The van der Waals surface area contributed by atoms with E-state index >= 15 is 0 Å². The van der Waals surface area contributed by atoms with Gasteiger partial charge in [-0.1, -0.05) is 15.9 Å². The van der Waals surface area contributed by atoms with Crippen LogP contribution in [0.3, 0.4) is 0 Å². The number of ketones is 1. The van der Waals surface area contributed by atoms with E-state index in [2.05, 4.69) is 15.9 Å². The van der Waals surface area contributed by atoms with Crippen LogP contribution in [0.1, 0.15) is 6.92 Å². The van der Waals surface area contributed by atoms with E-state index in [-0.39, 0.29) is 21.9 Å². The second kappa shape index (κ2) is 5.45. The molecule has 6 heteroatoms. The zero-order valence-corrected chi connectivity index (χ0v) is 11.0. The highest BCUT2D eigenvalue weighted by molar-refractivity contribution is 9.10. The standard InChI is InChI=1S/C10H11BrO4S/c1-8(12)6-15-9-2-4-10(5-3-9)16(13,14)7-11/h2-5H,6-7H2,1H3. The molecule has 16 heavy (non-hydrogen) atoms. The van der Waals surface area contributed by atoms with E-state index in [4.69, 9.17) is 4.74 Å². The van der Waals surface area contributed by atoms with Gasteiger partial charge in [-0.05, 0) is 31.2 Å². The maximum atomic E-state index is 11.4. The van der Waals surface area contributed by atoms with E-state index in [1.165, 1.54) is 31.2 Å². The van der Waals surface area contributed by atoms with Gasteiger partial charge in [0.2, 0.25) is 0 Å². The lowest BCUT2D eigenvalue weighted by Crippen LogP contribution is -2.07. The Labute approximate surface area is 103 Å². The highest BCUT2D eigenvalue weighted by Gasteiger charge is 2.11. The SMILES string of the molecule is CC(=O)COc1ccc(S(=O)(=O)CBr)cc1. The van der Waals surface area contributed by atoms with Crippen molar-refractivity contribution in [2.45, 2.75) is 11.8 Å². The fourth-order valence-electron chi connectivity index (χ4n) is 0.991. The maximum Gasteiger partial charge on any atom is 0.188 e. The predicted molar refractivity (Wildman–Crippen MR) is 63.6 cm³/mol. The second-order valence-corrected chi connectivity index (χ2v) is 6.48. The fraction of sp³-hybridized carbons (Fsp3) is 0.300. The third-order valence-electron chi connectivity index (χ3n) is 1.77. The number of sulfone groups is 1. The molecule has 0 spiro atoms. The molecule has 88 valence electrons. The molecule has 0 atom stereocenters. The molecular weight excluding hydrogens is 296 g/mol. The number of Topliss-reactive ketones (excluding diaryl/α,β-unsaturated/α-hetero) is 1. The number of halogens is 1. The summed E-state index contributed by atoms with van der Waals surface area (Å²) in [7, 11) is -3.25. The van der Waals surface area contributed by atoms with Crippen LogP contribution in [0.2, 0.25) is 0 Å². The third-order valence-corrected chi connectivity index (χ3v) is 4.85. The Morgan fingerprint density at radius 2 is 1.88 bits per heavy atom. The van der Waals surface area contributed by atoms with Crippen LogP contribution in [0, 0.1) is 0 Å². The molecule has 1 aromatic rings. The Morgan fingerprint density at radius 1 is 1.31 bits per heavy atom. The third kappa shape index (κ3) is 3.61. The normalized spacial score (nSPS) is 11.1. The van der Waals surface area contributed by atoms with Gasteiger partial charge in [0.15, 0.2) is 15.6 Å². The number of hydrogen-bond donors (Lipinski definition) is 0. The summed E-state index contributed by atoms with van der Waals surface area (Å²) in [5.74, 6) is 0.390. The zero-order chi connectivity index (χ0) is 12.2. The molecule has 0 radical (unpaired) electrons. The van der Waals surface area contributed by atoms with E-state index in [1.807, 2.05) is 0 Å². The van der Waals surface area contributed by atoms with Crippen molar-refractivity contribution in [2.75, 3.05) is 11.3 Å². The molecule has 0 fully saturated rings. The molecule has 4 nitrogen and oxygen atoms in total. The van der Waals surface area contributed by atoms with Gasteiger partial charge in [-0.15, -0.1) is 0 Å². The van der Waals surface area contributed by atoms with Crippen molar-refractivity contribution in [3.05, 3.63) is 24.3 Å². The molecule has 0 aliphatic carbocycles. The molecule has 0 unspecified atom stereocenters. The van der Waals surface area contributed by atoms with Crippen molar-refractivity contribution in [3.8, 4) is 5.75 Å². The van der Waals surface area contributed by atoms with Gasteiger partial charge >= 0.3 is 0 Å². The minimum Gasteiger partial charge on any atom is -0.486 e. The smallest absolute Gasteiger partial charge is 0.188 e. The number of hydrogen-bond acceptors (Lipinski definition) is 4. The molecule has 0 amide bonds. The monoisotopic (exact) mass is 306 g/mol. The van der Waals surface area contributed by atoms with Gasteiger partial charge in [-0.2, -0.15) is 0 Å². The fourth-order valence-corrected chi connectivity index (χ4v) is 2.46. The lowest BCUT2D eigenvalue weighted by molar-refractivity contribution is -0.118. The maximum absolute atomic E-state index is 11.4. The van der Waals surface area contributed by atoms with E-state index in [1.54, 1.807) is 0 Å². The summed E-state index contributed by atoms with van der Waals surface area (Å²) in [6.45, 7) is 1.41. The summed E-state index contributed by atoms with van der Waals surface area (Å²) in [6, 6.07) is 5.95. The Bertz CT molecular complexity index is 464. The number of carbonyl (C=O) groups excluding carboxylic acids is 1.